The molecule has 0 unspecified atom stereocenters. The molecule has 280 valence electrons. The lowest BCUT2D eigenvalue weighted by molar-refractivity contribution is 1.41. The summed E-state index contributed by atoms with van der Waals surface area (Å²) in [6.45, 7) is 0. The first-order valence-electron chi connectivity index (χ1n) is 20.6. The molecule has 0 atom stereocenters. The zero-order chi connectivity index (χ0) is 39.8. The van der Waals surface area contributed by atoms with Gasteiger partial charge in [-0.15, -0.1) is 0 Å². The normalized spacial score (nSPS) is 11.3. The SMILES string of the molecule is c1ccc(-c2cc(-c3cccc(-c4c5ccccc5c(-c5ccnc6ccccc56)c5ccccc45)c3)c(-c3ccccc3)c(-c3ccccc3)c2-c2ccccc2)cc1. The molecule has 0 saturated heterocycles. The molecule has 10 aromatic carbocycles. The van der Waals surface area contributed by atoms with Gasteiger partial charge in [-0.25, -0.2) is 0 Å². The summed E-state index contributed by atoms with van der Waals surface area (Å²) < 4.78 is 0. The van der Waals surface area contributed by atoms with Gasteiger partial charge < -0.3 is 0 Å². The van der Waals surface area contributed by atoms with E-state index in [1.54, 1.807) is 0 Å². The second-order valence-electron chi connectivity index (χ2n) is 15.4. The maximum atomic E-state index is 4.73. The maximum Gasteiger partial charge on any atom is 0.0708 e. The molecular weight excluding hydrogens is 723 g/mol. The third-order valence-electron chi connectivity index (χ3n) is 11.9. The van der Waals surface area contributed by atoms with Crippen LogP contribution in [0, 0.1) is 0 Å². The van der Waals surface area contributed by atoms with E-state index in [1.807, 2.05) is 6.20 Å². The average Bonchev–Trinajstić information content (AvgIpc) is 3.33. The van der Waals surface area contributed by atoms with E-state index in [1.165, 1.54) is 93.9 Å². The van der Waals surface area contributed by atoms with Crippen LogP contribution in [0.2, 0.25) is 0 Å². The largest absolute Gasteiger partial charge is 0.256 e. The van der Waals surface area contributed by atoms with Crippen molar-refractivity contribution in [2.45, 2.75) is 0 Å². The number of rotatable bonds is 7. The van der Waals surface area contributed by atoms with E-state index in [9.17, 15) is 0 Å². The van der Waals surface area contributed by atoms with Crippen molar-refractivity contribution in [2.75, 3.05) is 0 Å². The summed E-state index contributed by atoms with van der Waals surface area (Å²) in [5, 5.41) is 6.05. The Kier molecular flexibility index (Phi) is 8.91. The van der Waals surface area contributed by atoms with Gasteiger partial charge in [0.2, 0.25) is 0 Å². The van der Waals surface area contributed by atoms with Crippen molar-refractivity contribution in [2.24, 2.45) is 0 Å². The highest BCUT2D eigenvalue weighted by molar-refractivity contribution is 6.23. The van der Waals surface area contributed by atoms with Gasteiger partial charge in [0.25, 0.3) is 0 Å². The Bertz CT molecular complexity index is 3270. The molecule has 1 aromatic heterocycles. The van der Waals surface area contributed by atoms with Gasteiger partial charge in [-0.05, 0) is 124 Å². The first-order valence-corrected chi connectivity index (χ1v) is 20.6. The van der Waals surface area contributed by atoms with Crippen LogP contribution in [0.5, 0.6) is 0 Å². The predicted molar refractivity (Wildman–Crippen MR) is 255 cm³/mol. The van der Waals surface area contributed by atoms with Gasteiger partial charge in [0.15, 0.2) is 0 Å². The van der Waals surface area contributed by atoms with Gasteiger partial charge in [-0.1, -0.05) is 206 Å². The van der Waals surface area contributed by atoms with Crippen molar-refractivity contribution in [1.29, 1.82) is 0 Å². The lowest BCUT2D eigenvalue weighted by Crippen LogP contribution is -1.98. The predicted octanol–water partition coefficient (Wildman–Crippen LogP) is 16.2. The first kappa shape index (κ1) is 35.3. The van der Waals surface area contributed by atoms with Gasteiger partial charge in [0, 0.05) is 11.6 Å². The van der Waals surface area contributed by atoms with Crippen molar-refractivity contribution in [3.8, 4) is 77.9 Å². The summed E-state index contributed by atoms with van der Waals surface area (Å²) in [7, 11) is 0. The number of aromatic nitrogens is 1. The second-order valence-corrected chi connectivity index (χ2v) is 15.4. The van der Waals surface area contributed by atoms with E-state index >= 15 is 0 Å². The Morgan fingerprint density at radius 1 is 0.217 bits per heavy atom. The summed E-state index contributed by atoms with van der Waals surface area (Å²) in [5.74, 6) is 0. The van der Waals surface area contributed by atoms with Crippen LogP contribution >= 0.6 is 0 Å². The summed E-state index contributed by atoms with van der Waals surface area (Å²) in [6.07, 6.45) is 1.94. The van der Waals surface area contributed by atoms with Crippen molar-refractivity contribution in [3.63, 3.8) is 0 Å². The zero-order valence-electron chi connectivity index (χ0n) is 33.0. The second kappa shape index (κ2) is 15.1. The maximum absolute atomic E-state index is 4.73. The molecule has 1 heterocycles. The third-order valence-corrected chi connectivity index (χ3v) is 11.9. The lowest BCUT2D eigenvalue weighted by Gasteiger charge is -2.25. The zero-order valence-corrected chi connectivity index (χ0v) is 33.0. The number of benzene rings is 10. The van der Waals surface area contributed by atoms with Crippen molar-refractivity contribution in [3.05, 3.63) is 237 Å². The number of pyridine rings is 1. The highest BCUT2D eigenvalue weighted by Crippen LogP contribution is 2.51. The number of nitrogens with zero attached hydrogens (tertiary/aromatic N) is 1. The minimum absolute atomic E-state index is 0.997. The van der Waals surface area contributed by atoms with Crippen LogP contribution in [0.4, 0.5) is 0 Å². The monoisotopic (exact) mass is 761 g/mol. The molecule has 0 N–H and O–H groups in total. The Hall–Kier alpha value is -7.87. The highest BCUT2D eigenvalue weighted by Gasteiger charge is 2.25. The van der Waals surface area contributed by atoms with Crippen LogP contribution in [-0.4, -0.2) is 4.98 Å². The Labute approximate surface area is 350 Å². The summed E-state index contributed by atoms with van der Waals surface area (Å²) in [6, 6.07) is 83.8. The van der Waals surface area contributed by atoms with Crippen LogP contribution in [0.25, 0.3) is 110 Å². The summed E-state index contributed by atoms with van der Waals surface area (Å²) >= 11 is 0. The molecule has 0 aliphatic heterocycles. The number of para-hydroxylation sites is 1. The van der Waals surface area contributed by atoms with Gasteiger partial charge >= 0.3 is 0 Å². The summed E-state index contributed by atoms with van der Waals surface area (Å²) in [4.78, 5) is 4.73. The minimum atomic E-state index is 0.997. The Morgan fingerprint density at radius 3 is 1.17 bits per heavy atom. The van der Waals surface area contributed by atoms with E-state index in [0.29, 0.717) is 0 Å². The van der Waals surface area contributed by atoms with Crippen LogP contribution in [0.15, 0.2) is 237 Å². The molecule has 0 spiro atoms. The van der Waals surface area contributed by atoms with Crippen molar-refractivity contribution in [1.82, 2.24) is 4.98 Å². The molecule has 1 heteroatoms. The molecule has 0 saturated carbocycles. The highest BCUT2D eigenvalue weighted by atomic mass is 14.6. The fraction of sp³-hybridized carbons (Fsp3) is 0. The van der Waals surface area contributed by atoms with Gasteiger partial charge in [0.1, 0.15) is 0 Å². The van der Waals surface area contributed by atoms with Crippen LogP contribution in [0.3, 0.4) is 0 Å². The van der Waals surface area contributed by atoms with E-state index in [2.05, 4.69) is 231 Å². The molecule has 11 rings (SSSR count). The number of hydrogen-bond donors (Lipinski definition) is 0. The van der Waals surface area contributed by atoms with E-state index in [4.69, 9.17) is 4.98 Å². The van der Waals surface area contributed by atoms with Crippen LogP contribution in [-0.2, 0) is 0 Å². The van der Waals surface area contributed by atoms with Crippen LogP contribution in [0.1, 0.15) is 0 Å². The average molecular weight is 762 g/mol. The Balaban J connectivity index is 1.23. The molecule has 0 amide bonds. The summed E-state index contributed by atoms with van der Waals surface area (Å²) in [5.41, 5.74) is 17.8. The van der Waals surface area contributed by atoms with Gasteiger partial charge in [-0.3, -0.25) is 4.98 Å². The standard InChI is InChI=1S/C59H39N/c1-5-20-40(21-6-1)52-39-53(57(42-24-9-3-10-25-42)58(43-26-11-4-12-27-43)56(52)41-22-7-2-8-23-41)44-28-19-29-45(38-44)55-47-31-13-15-33-49(47)59(50-34-16-14-32-48(50)55)51-36-37-60-54-35-18-17-30-46(51)54/h1-39H. The first-order chi connectivity index (χ1) is 29.8. The molecule has 0 bridgehead atoms. The van der Waals surface area contributed by atoms with Gasteiger partial charge in [0.05, 0.1) is 5.52 Å². The molecule has 0 aliphatic carbocycles. The fourth-order valence-electron chi connectivity index (χ4n) is 9.34. The minimum Gasteiger partial charge on any atom is -0.256 e. The van der Waals surface area contributed by atoms with E-state index in [0.717, 1.165) is 16.5 Å². The lowest BCUT2D eigenvalue weighted by atomic mass is 9.78. The third kappa shape index (κ3) is 6.08. The molecule has 0 fully saturated rings. The smallest absolute Gasteiger partial charge is 0.0708 e. The molecular formula is C59H39N. The van der Waals surface area contributed by atoms with Crippen molar-refractivity contribution < 1.29 is 0 Å². The number of hydrogen-bond acceptors (Lipinski definition) is 1. The fourth-order valence-corrected chi connectivity index (χ4v) is 9.34. The van der Waals surface area contributed by atoms with Crippen molar-refractivity contribution >= 4 is 32.4 Å². The Morgan fingerprint density at radius 2 is 0.617 bits per heavy atom. The number of fused-ring (bicyclic) bond motifs is 3. The van der Waals surface area contributed by atoms with E-state index < -0.39 is 0 Å². The molecule has 0 radical (unpaired) electrons. The van der Waals surface area contributed by atoms with Crippen LogP contribution < -0.4 is 0 Å². The van der Waals surface area contributed by atoms with Gasteiger partial charge in [-0.2, -0.15) is 0 Å². The molecule has 60 heavy (non-hydrogen) atoms. The molecule has 11 aromatic rings. The quantitative estimate of drug-likeness (QED) is 0.147. The van der Waals surface area contributed by atoms with E-state index in [-0.39, 0.29) is 0 Å². The molecule has 1 nitrogen and oxygen atoms in total. The topological polar surface area (TPSA) is 12.9 Å². The molecule has 0 aliphatic rings.